The van der Waals surface area contributed by atoms with Crippen LogP contribution in [0.2, 0.25) is 0 Å². The van der Waals surface area contributed by atoms with Gasteiger partial charge in [0.15, 0.2) is 0 Å². The van der Waals surface area contributed by atoms with Crippen molar-refractivity contribution in [2.75, 3.05) is 4.90 Å². The highest BCUT2D eigenvalue weighted by Gasteiger charge is 2.24. The van der Waals surface area contributed by atoms with Gasteiger partial charge in [-0.25, -0.2) is 4.98 Å². The zero-order valence-electron chi connectivity index (χ0n) is 23.6. The summed E-state index contributed by atoms with van der Waals surface area (Å²) in [7, 11) is 0. The van der Waals surface area contributed by atoms with Crippen molar-refractivity contribution in [2.45, 2.75) is 0 Å². The molecule has 0 atom stereocenters. The zero-order chi connectivity index (χ0) is 28.6. The minimum atomic E-state index is 0.914. The Kier molecular flexibility index (Phi) is 6.16. The molecule has 2 heteroatoms. The van der Waals surface area contributed by atoms with E-state index < -0.39 is 0 Å². The molecule has 0 bridgehead atoms. The summed E-state index contributed by atoms with van der Waals surface area (Å²) >= 11 is 0. The lowest BCUT2D eigenvalue weighted by atomic mass is 9.86. The van der Waals surface area contributed by atoms with Crippen LogP contribution in [-0.2, 0) is 0 Å². The summed E-state index contributed by atoms with van der Waals surface area (Å²) in [6, 6.07) is 58.3. The van der Waals surface area contributed by atoms with E-state index in [2.05, 4.69) is 169 Å². The number of aromatic nitrogens is 1. The molecule has 43 heavy (non-hydrogen) atoms. The second-order valence-electron chi connectivity index (χ2n) is 10.8. The molecular formula is C41H28N2. The predicted molar refractivity (Wildman–Crippen MR) is 182 cm³/mol. The van der Waals surface area contributed by atoms with Gasteiger partial charge >= 0.3 is 0 Å². The van der Waals surface area contributed by atoms with E-state index in [1.165, 1.54) is 43.8 Å². The first-order chi connectivity index (χ1) is 21.4. The quantitative estimate of drug-likeness (QED) is 0.199. The van der Waals surface area contributed by atoms with Crippen molar-refractivity contribution >= 4 is 49.5 Å². The van der Waals surface area contributed by atoms with Crippen molar-refractivity contribution in [3.63, 3.8) is 0 Å². The van der Waals surface area contributed by atoms with E-state index in [-0.39, 0.29) is 0 Å². The molecule has 0 saturated carbocycles. The lowest BCUT2D eigenvalue weighted by Gasteiger charge is -2.29. The van der Waals surface area contributed by atoms with Crippen LogP contribution in [0.15, 0.2) is 170 Å². The summed E-state index contributed by atoms with van der Waals surface area (Å²) in [4.78, 5) is 7.38. The zero-order valence-corrected chi connectivity index (χ0v) is 23.6. The molecule has 0 unspecified atom stereocenters. The molecule has 0 radical (unpaired) electrons. The molecule has 1 heterocycles. The maximum Gasteiger partial charge on any atom is 0.145 e. The minimum Gasteiger partial charge on any atom is -0.293 e. The van der Waals surface area contributed by atoms with Gasteiger partial charge in [0.2, 0.25) is 0 Å². The van der Waals surface area contributed by atoms with Gasteiger partial charge in [-0.1, -0.05) is 146 Å². The monoisotopic (exact) mass is 548 g/mol. The van der Waals surface area contributed by atoms with Crippen LogP contribution in [0.3, 0.4) is 0 Å². The number of rotatable bonds is 5. The van der Waals surface area contributed by atoms with Crippen LogP contribution in [-0.4, -0.2) is 4.98 Å². The number of pyridine rings is 1. The van der Waals surface area contributed by atoms with Gasteiger partial charge in [-0.2, -0.15) is 0 Å². The number of anilines is 3. The van der Waals surface area contributed by atoms with Crippen molar-refractivity contribution in [1.29, 1.82) is 0 Å². The highest BCUT2D eigenvalue weighted by molar-refractivity contribution is 6.23. The molecule has 7 aromatic carbocycles. The summed E-state index contributed by atoms with van der Waals surface area (Å²) < 4.78 is 0. The molecule has 0 amide bonds. The van der Waals surface area contributed by atoms with Crippen LogP contribution in [0.25, 0.3) is 54.6 Å². The number of fused-ring (bicyclic) bond motifs is 3. The minimum absolute atomic E-state index is 0.914. The summed E-state index contributed by atoms with van der Waals surface area (Å²) in [6.07, 6.45) is 1.92. The van der Waals surface area contributed by atoms with Gasteiger partial charge < -0.3 is 0 Å². The van der Waals surface area contributed by atoms with Gasteiger partial charge in [0, 0.05) is 28.0 Å². The van der Waals surface area contributed by atoms with Crippen molar-refractivity contribution in [1.82, 2.24) is 4.98 Å². The van der Waals surface area contributed by atoms with Crippen LogP contribution >= 0.6 is 0 Å². The Morgan fingerprint density at radius 1 is 0.395 bits per heavy atom. The van der Waals surface area contributed by atoms with E-state index in [0.717, 1.165) is 28.0 Å². The van der Waals surface area contributed by atoms with Crippen LogP contribution < -0.4 is 4.90 Å². The highest BCUT2D eigenvalue weighted by atomic mass is 15.2. The summed E-state index contributed by atoms with van der Waals surface area (Å²) in [5, 5.41) is 7.05. The van der Waals surface area contributed by atoms with Crippen molar-refractivity contribution in [3.8, 4) is 22.3 Å². The lowest BCUT2D eigenvalue weighted by Crippen LogP contribution is -2.13. The third-order valence-corrected chi connectivity index (χ3v) is 8.29. The van der Waals surface area contributed by atoms with Crippen LogP contribution in [0.5, 0.6) is 0 Å². The molecule has 0 saturated heterocycles. The standard InChI is InChI=1S/C41H28N2/c1-3-15-29(16-4-1)32-20-9-10-22-34(32)39-35-23-11-13-25-37(35)40(38-26-14-12-24-36(38)39)43(31-18-5-2-6-19-31)41-33-21-8-7-17-30(33)27-28-42-41/h1-28H. The summed E-state index contributed by atoms with van der Waals surface area (Å²) in [6.45, 7) is 0. The maximum absolute atomic E-state index is 5.03. The first kappa shape index (κ1) is 25.0. The molecule has 0 spiro atoms. The maximum atomic E-state index is 5.03. The van der Waals surface area contributed by atoms with E-state index in [4.69, 9.17) is 4.98 Å². The average molecular weight is 549 g/mol. The SMILES string of the molecule is c1ccc(-c2ccccc2-c2c3ccccc3c(N(c3ccccc3)c3nccc4ccccc34)c3ccccc23)cc1. The number of para-hydroxylation sites is 1. The topological polar surface area (TPSA) is 16.1 Å². The molecule has 0 fully saturated rings. The molecule has 0 aliphatic heterocycles. The predicted octanol–water partition coefficient (Wildman–Crippen LogP) is 11.3. The normalized spacial score (nSPS) is 11.3. The molecule has 1 aromatic heterocycles. The Labute approximate surface area is 251 Å². The largest absolute Gasteiger partial charge is 0.293 e. The second-order valence-corrected chi connectivity index (χ2v) is 10.8. The Balaban J connectivity index is 1.52. The smallest absolute Gasteiger partial charge is 0.145 e. The van der Waals surface area contributed by atoms with E-state index in [1.54, 1.807) is 0 Å². The molecule has 8 aromatic rings. The number of benzene rings is 7. The molecule has 0 aliphatic rings. The van der Waals surface area contributed by atoms with Crippen molar-refractivity contribution in [2.24, 2.45) is 0 Å². The fraction of sp³-hybridized carbons (Fsp3) is 0. The Morgan fingerprint density at radius 2 is 0.907 bits per heavy atom. The van der Waals surface area contributed by atoms with E-state index in [1.807, 2.05) is 6.20 Å². The number of hydrogen-bond donors (Lipinski definition) is 0. The molecular weight excluding hydrogens is 520 g/mol. The van der Waals surface area contributed by atoms with Gasteiger partial charge in [0.25, 0.3) is 0 Å². The third kappa shape index (κ3) is 4.24. The Hall–Kier alpha value is -5.73. The van der Waals surface area contributed by atoms with Crippen LogP contribution in [0, 0.1) is 0 Å². The fourth-order valence-corrected chi connectivity index (χ4v) is 6.42. The number of nitrogens with zero attached hydrogens (tertiary/aromatic N) is 2. The Morgan fingerprint density at radius 3 is 1.58 bits per heavy atom. The third-order valence-electron chi connectivity index (χ3n) is 8.29. The molecule has 8 rings (SSSR count). The second kappa shape index (κ2) is 10.6. The van der Waals surface area contributed by atoms with Crippen LogP contribution in [0.1, 0.15) is 0 Å². The van der Waals surface area contributed by atoms with Gasteiger partial charge in [0.05, 0.1) is 5.69 Å². The first-order valence-electron chi connectivity index (χ1n) is 14.7. The molecule has 202 valence electrons. The fourth-order valence-electron chi connectivity index (χ4n) is 6.42. The van der Waals surface area contributed by atoms with Crippen molar-refractivity contribution < 1.29 is 0 Å². The first-order valence-corrected chi connectivity index (χ1v) is 14.7. The van der Waals surface area contributed by atoms with Crippen LogP contribution in [0.4, 0.5) is 17.2 Å². The average Bonchev–Trinajstić information content (AvgIpc) is 3.09. The van der Waals surface area contributed by atoms with Gasteiger partial charge in [0.1, 0.15) is 5.82 Å². The summed E-state index contributed by atoms with van der Waals surface area (Å²) in [5.74, 6) is 0.914. The number of hydrogen-bond acceptors (Lipinski definition) is 2. The molecule has 0 N–H and O–H groups in total. The van der Waals surface area contributed by atoms with Gasteiger partial charge in [-0.3, -0.25) is 4.90 Å². The van der Waals surface area contributed by atoms with E-state index >= 15 is 0 Å². The molecule has 0 aliphatic carbocycles. The summed E-state index contributed by atoms with van der Waals surface area (Å²) in [5.41, 5.74) is 7.10. The lowest BCUT2D eigenvalue weighted by molar-refractivity contribution is 1.21. The van der Waals surface area contributed by atoms with Gasteiger partial charge in [-0.05, 0) is 56.6 Å². The van der Waals surface area contributed by atoms with E-state index in [0.29, 0.717) is 0 Å². The molecule has 2 nitrogen and oxygen atoms in total. The van der Waals surface area contributed by atoms with Gasteiger partial charge in [-0.15, -0.1) is 0 Å². The Bertz CT molecular complexity index is 2180. The van der Waals surface area contributed by atoms with Crippen molar-refractivity contribution in [3.05, 3.63) is 170 Å². The highest BCUT2D eigenvalue weighted by Crippen LogP contribution is 2.49. The van der Waals surface area contributed by atoms with E-state index in [9.17, 15) is 0 Å².